The summed E-state index contributed by atoms with van der Waals surface area (Å²) in [7, 11) is 0. The Balaban J connectivity index is 1.82. The largest absolute Gasteiger partial charge is 0.477 e. The maximum Gasteiger partial charge on any atom is 0.378 e. The number of esters is 1. The molecule has 3 atom stereocenters. The fourth-order valence-electron chi connectivity index (χ4n) is 5.44. The lowest BCUT2D eigenvalue weighted by molar-refractivity contribution is -0.221. The van der Waals surface area contributed by atoms with Gasteiger partial charge in [-0.3, -0.25) is 4.79 Å². The van der Waals surface area contributed by atoms with Crippen LogP contribution in [0.5, 0.6) is 0 Å². The van der Waals surface area contributed by atoms with E-state index in [4.69, 9.17) is 9.84 Å². The van der Waals surface area contributed by atoms with Crippen LogP contribution in [0, 0.1) is 23.2 Å². The predicted molar refractivity (Wildman–Crippen MR) is 79.4 cm³/mol. The van der Waals surface area contributed by atoms with Crippen LogP contribution in [0.25, 0.3) is 0 Å². The summed E-state index contributed by atoms with van der Waals surface area (Å²) in [4.78, 5) is 23.6. The minimum absolute atomic E-state index is 0.210. The van der Waals surface area contributed by atoms with Gasteiger partial charge in [-0.1, -0.05) is 13.8 Å². The van der Waals surface area contributed by atoms with Crippen molar-refractivity contribution < 1.29 is 33.3 Å². The topological polar surface area (TPSA) is 83.8 Å². The molecule has 24 heavy (non-hydrogen) atoms. The van der Waals surface area contributed by atoms with Crippen molar-refractivity contribution in [2.75, 3.05) is 0 Å². The molecule has 4 bridgehead atoms. The third-order valence-corrected chi connectivity index (χ3v) is 5.95. The molecule has 0 radical (unpaired) electrons. The average molecular weight is 346 g/mol. The number of halogens is 2. The van der Waals surface area contributed by atoms with Crippen molar-refractivity contribution in [3.63, 3.8) is 0 Å². The Morgan fingerprint density at radius 3 is 2.12 bits per heavy atom. The van der Waals surface area contributed by atoms with Crippen LogP contribution >= 0.6 is 0 Å². The van der Waals surface area contributed by atoms with E-state index in [1.807, 2.05) is 0 Å². The summed E-state index contributed by atoms with van der Waals surface area (Å²) < 4.78 is 33.0. The number of carboxylic acid groups (broad SMARTS) is 1. The van der Waals surface area contributed by atoms with Gasteiger partial charge >= 0.3 is 17.9 Å². The van der Waals surface area contributed by atoms with Crippen LogP contribution in [-0.2, 0) is 14.3 Å². The number of alkyl halides is 2. The van der Waals surface area contributed by atoms with Gasteiger partial charge in [-0.25, -0.2) is 4.79 Å². The fourth-order valence-corrected chi connectivity index (χ4v) is 5.44. The van der Waals surface area contributed by atoms with Crippen LogP contribution in [0.1, 0.15) is 52.4 Å². The molecule has 4 aliphatic carbocycles. The second-order valence-corrected chi connectivity index (χ2v) is 8.46. The van der Waals surface area contributed by atoms with Crippen molar-refractivity contribution in [3.8, 4) is 0 Å². The van der Waals surface area contributed by atoms with Gasteiger partial charge < -0.3 is 14.9 Å². The number of carbonyl (C=O) groups excluding carboxylic acids is 1. The van der Waals surface area contributed by atoms with Crippen molar-refractivity contribution >= 4 is 11.9 Å². The Hall–Kier alpha value is -1.24. The van der Waals surface area contributed by atoms with Gasteiger partial charge in [-0.2, -0.15) is 8.78 Å². The number of hydrogen-bond acceptors (Lipinski definition) is 4. The van der Waals surface area contributed by atoms with E-state index in [-0.39, 0.29) is 18.3 Å². The highest BCUT2D eigenvalue weighted by Crippen LogP contribution is 2.62. The lowest BCUT2D eigenvalue weighted by Crippen LogP contribution is -2.59. The molecule has 3 unspecified atom stereocenters. The van der Waals surface area contributed by atoms with E-state index >= 15 is 0 Å². The zero-order valence-corrected chi connectivity index (χ0v) is 13.9. The van der Waals surface area contributed by atoms with Crippen molar-refractivity contribution in [2.24, 2.45) is 23.2 Å². The van der Waals surface area contributed by atoms with Crippen LogP contribution in [0.4, 0.5) is 8.78 Å². The van der Waals surface area contributed by atoms with E-state index in [9.17, 15) is 23.5 Å². The van der Waals surface area contributed by atoms with E-state index < -0.39 is 40.9 Å². The second-order valence-electron chi connectivity index (χ2n) is 8.46. The molecule has 0 aliphatic heterocycles. The van der Waals surface area contributed by atoms with Gasteiger partial charge in [0.15, 0.2) is 6.10 Å². The highest BCUT2D eigenvalue weighted by molar-refractivity contribution is 5.80. The Labute approximate surface area is 139 Å². The zero-order chi connectivity index (χ0) is 17.9. The summed E-state index contributed by atoms with van der Waals surface area (Å²) in [5, 5.41) is 19.4. The third kappa shape index (κ3) is 2.70. The molecule has 0 spiro atoms. The van der Waals surface area contributed by atoms with Crippen LogP contribution in [0.15, 0.2) is 0 Å². The molecular weight excluding hydrogens is 322 g/mol. The second kappa shape index (κ2) is 5.38. The van der Waals surface area contributed by atoms with E-state index in [0.29, 0.717) is 25.7 Å². The maximum atomic E-state index is 13.9. The molecule has 5 nitrogen and oxygen atoms in total. The molecule has 4 rings (SSSR count). The number of ether oxygens (including phenoxy) is 1. The van der Waals surface area contributed by atoms with Gasteiger partial charge in [-0.15, -0.1) is 0 Å². The molecule has 4 aliphatic rings. The highest BCUT2D eigenvalue weighted by atomic mass is 19.3. The molecular formula is C17H24F2O5. The molecule has 7 heteroatoms. The van der Waals surface area contributed by atoms with Crippen molar-refractivity contribution in [2.45, 2.75) is 70.0 Å². The number of carboxylic acids is 1. The Morgan fingerprint density at radius 1 is 1.17 bits per heavy atom. The minimum Gasteiger partial charge on any atom is -0.477 e. The molecule has 0 amide bonds. The summed E-state index contributed by atoms with van der Waals surface area (Å²) >= 11 is 0. The van der Waals surface area contributed by atoms with Gasteiger partial charge in [-0.05, 0) is 56.3 Å². The van der Waals surface area contributed by atoms with Crippen molar-refractivity contribution in [3.05, 3.63) is 0 Å². The lowest BCUT2D eigenvalue weighted by atomic mass is 9.48. The third-order valence-electron chi connectivity index (χ3n) is 5.95. The van der Waals surface area contributed by atoms with E-state index in [1.54, 1.807) is 0 Å². The monoisotopic (exact) mass is 346 g/mol. The minimum atomic E-state index is -4.14. The van der Waals surface area contributed by atoms with E-state index in [0.717, 1.165) is 6.42 Å². The van der Waals surface area contributed by atoms with Gasteiger partial charge in [0.2, 0.25) is 0 Å². The quantitative estimate of drug-likeness (QED) is 0.748. The van der Waals surface area contributed by atoms with Crippen molar-refractivity contribution in [1.29, 1.82) is 0 Å². The number of aliphatic carboxylic acids is 1. The Bertz CT molecular complexity index is 545. The molecule has 2 N–H and O–H groups in total. The van der Waals surface area contributed by atoms with Crippen LogP contribution < -0.4 is 0 Å². The normalized spacial score (nSPS) is 39.1. The lowest BCUT2D eigenvalue weighted by Gasteiger charge is -2.58. The molecule has 0 aromatic rings. The number of carbonyl (C=O) groups is 2. The maximum absolute atomic E-state index is 13.9. The zero-order valence-electron chi connectivity index (χ0n) is 13.9. The van der Waals surface area contributed by atoms with Gasteiger partial charge in [0, 0.05) is 0 Å². The van der Waals surface area contributed by atoms with Crippen LogP contribution in [-0.4, -0.2) is 39.8 Å². The van der Waals surface area contributed by atoms with Crippen LogP contribution in [0.3, 0.4) is 0 Å². The predicted octanol–water partition coefficient (Wildman–Crippen LogP) is 2.61. The number of rotatable bonds is 5. The summed E-state index contributed by atoms with van der Waals surface area (Å²) in [6.07, 6.45) is 1.55. The first-order valence-corrected chi connectivity index (χ1v) is 8.52. The molecule has 0 heterocycles. The summed E-state index contributed by atoms with van der Waals surface area (Å²) in [5.74, 6) is -7.62. The summed E-state index contributed by atoms with van der Waals surface area (Å²) in [6.45, 7) is 2.81. The summed E-state index contributed by atoms with van der Waals surface area (Å²) in [6, 6.07) is 0. The SMILES string of the molecule is CC(C)C(OC(=O)C12CC3CC(CC(O)(C3)C1)C2)C(F)(F)C(=O)O. The molecule has 0 aromatic carbocycles. The number of aliphatic hydroxyl groups is 1. The standard InChI is InChI=1S/C17H24F2O5/c1-9(2)12(17(18,19)13(20)21)24-14(22)15-4-10-3-11(5-15)7-16(23,6-10)8-15/h9-12,23H,3-8H2,1-2H3,(H,20,21). The molecule has 0 aromatic heterocycles. The van der Waals surface area contributed by atoms with Crippen LogP contribution in [0.2, 0.25) is 0 Å². The van der Waals surface area contributed by atoms with E-state index in [1.165, 1.54) is 13.8 Å². The van der Waals surface area contributed by atoms with Gasteiger partial charge in [0.05, 0.1) is 11.0 Å². The highest BCUT2D eigenvalue weighted by Gasteiger charge is 2.62. The molecule has 0 saturated heterocycles. The van der Waals surface area contributed by atoms with Gasteiger partial charge in [0.25, 0.3) is 0 Å². The first-order chi connectivity index (χ1) is 11.0. The Kier molecular flexibility index (Phi) is 3.94. The smallest absolute Gasteiger partial charge is 0.378 e. The first kappa shape index (κ1) is 17.6. The summed E-state index contributed by atoms with van der Waals surface area (Å²) in [5.41, 5.74) is -1.85. The Morgan fingerprint density at radius 2 is 1.71 bits per heavy atom. The van der Waals surface area contributed by atoms with Gasteiger partial charge in [0.1, 0.15) is 0 Å². The molecule has 136 valence electrons. The molecule has 4 fully saturated rings. The fraction of sp³-hybridized carbons (Fsp3) is 0.882. The first-order valence-electron chi connectivity index (χ1n) is 8.52. The average Bonchev–Trinajstić information content (AvgIpc) is 2.40. The van der Waals surface area contributed by atoms with E-state index in [2.05, 4.69) is 0 Å². The van der Waals surface area contributed by atoms with Crippen molar-refractivity contribution in [1.82, 2.24) is 0 Å². The number of hydrogen-bond donors (Lipinski definition) is 2. The molecule has 4 saturated carbocycles.